The van der Waals surface area contributed by atoms with Gasteiger partial charge in [-0.25, -0.2) is 0 Å². The van der Waals surface area contributed by atoms with Crippen LogP contribution in [0, 0.1) is 12.3 Å². The minimum Gasteiger partial charge on any atom is -0.389 e. The molecule has 0 aromatic rings. The van der Waals surface area contributed by atoms with Gasteiger partial charge >= 0.3 is 0 Å². The summed E-state index contributed by atoms with van der Waals surface area (Å²) in [7, 11) is 0. The fourth-order valence-electron chi connectivity index (χ4n) is 2.31. The highest BCUT2D eigenvalue weighted by Gasteiger charge is 2.25. The van der Waals surface area contributed by atoms with Crippen molar-refractivity contribution in [2.75, 3.05) is 26.2 Å². The second kappa shape index (κ2) is 7.25. The molecule has 4 nitrogen and oxygen atoms in total. The summed E-state index contributed by atoms with van der Waals surface area (Å²) in [5, 5.41) is 10.1. The van der Waals surface area contributed by atoms with E-state index in [2.05, 4.69) is 24.7 Å². The third-order valence-electron chi connectivity index (χ3n) is 3.54. The van der Waals surface area contributed by atoms with Gasteiger partial charge in [0.25, 0.3) is 0 Å². The molecule has 0 unspecified atom stereocenters. The lowest BCUT2D eigenvalue weighted by Crippen LogP contribution is -2.49. The van der Waals surface area contributed by atoms with Crippen molar-refractivity contribution < 1.29 is 14.6 Å². The Kier molecular flexibility index (Phi) is 6.28. The minimum absolute atomic E-state index is 0.212. The summed E-state index contributed by atoms with van der Waals surface area (Å²) in [4.78, 5) is 2.21. The largest absolute Gasteiger partial charge is 0.389 e. The molecule has 1 aliphatic heterocycles. The lowest BCUT2D eigenvalue weighted by atomic mass is 10.1. The molecule has 1 rings (SSSR count). The van der Waals surface area contributed by atoms with Gasteiger partial charge in [0, 0.05) is 19.6 Å². The van der Waals surface area contributed by atoms with Crippen molar-refractivity contribution >= 4 is 0 Å². The number of hydrogen-bond acceptors (Lipinski definition) is 4. The Labute approximate surface area is 117 Å². The van der Waals surface area contributed by atoms with E-state index in [0.29, 0.717) is 6.54 Å². The summed E-state index contributed by atoms with van der Waals surface area (Å²) < 4.78 is 11.3. The van der Waals surface area contributed by atoms with Crippen LogP contribution in [0.15, 0.2) is 0 Å². The molecule has 0 spiro atoms. The van der Waals surface area contributed by atoms with Crippen LogP contribution < -0.4 is 0 Å². The topological polar surface area (TPSA) is 41.9 Å². The van der Waals surface area contributed by atoms with E-state index >= 15 is 0 Å². The van der Waals surface area contributed by atoms with E-state index in [9.17, 15) is 5.11 Å². The van der Waals surface area contributed by atoms with Crippen molar-refractivity contribution in [3.8, 4) is 12.3 Å². The molecule has 110 valence electrons. The standard InChI is InChI=1S/C15H27NO3/c1-6-15(5,7-2)18-11-14(17)10-16-8-12(3)19-13(4)9-16/h1,12-14,17H,7-11H2,2-5H3/t12-,13-,14-,15-/m1/s1. The van der Waals surface area contributed by atoms with E-state index in [0.717, 1.165) is 19.5 Å². The van der Waals surface area contributed by atoms with Crippen molar-refractivity contribution in [2.24, 2.45) is 0 Å². The van der Waals surface area contributed by atoms with Gasteiger partial charge in [0.05, 0.1) is 24.9 Å². The molecule has 0 amide bonds. The lowest BCUT2D eigenvalue weighted by molar-refractivity contribution is -0.0904. The maximum absolute atomic E-state index is 10.1. The van der Waals surface area contributed by atoms with Crippen molar-refractivity contribution in [3.63, 3.8) is 0 Å². The van der Waals surface area contributed by atoms with Gasteiger partial charge in [-0.05, 0) is 27.2 Å². The van der Waals surface area contributed by atoms with Gasteiger partial charge in [0.2, 0.25) is 0 Å². The Morgan fingerprint density at radius 2 is 2.05 bits per heavy atom. The van der Waals surface area contributed by atoms with E-state index < -0.39 is 11.7 Å². The Bertz CT molecular complexity index is 305. The van der Waals surface area contributed by atoms with Crippen LogP contribution in [0.1, 0.15) is 34.1 Å². The number of aliphatic hydroxyl groups is 1. The number of morpholine rings is 1. The Morgan fingerprint density at radius 3 is 2.53 bits per heavy atom. The van der Waals surface area contributed by atoms with Gasteiger partial charge < -0.3 is 14.6 Å². The van der Waals surface area contributed by atoms with Crippen LogP contribution in [-0.2, 0) is 9.47 Å². The second-order valence-corrected chi connectivity index (χ2v) is 5.67. The molecule has 1 heterocycles. The highest BCUT2D eigenvalue weighted by atomic mass is 16.5. The molecule has 4 heteroatoms. The normalized spacial score (nSPS) is 29.5. The van der Waals surface area contributed by atoms with Gasteiger partial charge in [-0.3, -0.25) is 4.90 Å². The van der Waals surface area contributed by atoms with Gasteiger partial charge in [0.1, 0.15) is 5.60 Å². The highest BCUT2D eigenvalue weighted by molar-refractivity contribution is 5.05. The molecule has 0 saturated carbocycles. The van der Waals surface area contributed by atoms with Gasteiger partial charge in [-0.2, -0.15) is 0 Å². The Hall–Kier alpha value is -0.600. The van der Waals surface area contributed by atoms with Crippen molar-refractivity contribution in [1.29, 1.82) is 0 Å². The summed E-state index contributed by atoms with van der Waals surface area (Å²) in [5.41, 5.74) is -0.577. The zero-order valence-electron chi connectivity index (χ0n) is 12.6. The minimum atomic E-state index is -0.577. The summed E-state index contributed by atoms with van der Waals surface area (Å²) in [6.07, 6.45) is 6.08. The molecule has 0 aliphatic carbocycles. The predicted molar refractivity (Wildman–Crippen MR) is 75.9 cm³/mol. The molecule has 1 fully saturated rings. The summed E-state index contributed by atoms with van der Waals surface area (Å²) >= 11 is 0. The number of nitrogens with zero attached hydrogens (tertiary/aromatic N) is 1. The van der Waals surface area contributed by atoms with Crippen molar-refractivity contribution in [3.05, 3.63) is 0 Å². The van der Waals surface area contributed by atoms with Crippen LogP contribution >= 0.6 is 0 Å². The molecule has 4 atom stereocenters. The average molecular weight is 269 g/mol. The maximum atomic E-state index is 10.1. The first-order chi connectivity index (χ1) is 8.88. The molecular formula is C15H27NO3. The van der Waals surface area contributed by atoms with Gasteiger partial charge in [-0.1, -0.05) is 12.8 Å². The fourth-order valence-corrected chi connectivity index (χ4v) is 2.31. The molecule has 1 aliphatic rings. The first kappa shape index (κ1) is 16.5. The molecule has 1 saturated heterocycles. The predicted octanol–water partition coefficient (Wildman–Crippen LogP) is 1.27. The van der Waals surface area contributed by atoms with E-state index in [1.54, 1.807) is 0 Å². The molecule has 0 aromatic carbocycles. The number of ether oxygens (including phenoxy) is 2. The quantitative estimate of drug-likeness (QED) is 0.738. The number of terminal acetylenes is 1. The Balaban J connectivity index is 2.35. The molecule has 0 radical (unpaired) electrons. The molecular weight excluding hydrogens is 242 g/mol. The zero-order valence-corrected chi connectivity index (χ0v) is 12.6. The average Bonchev–Trinajstić information content (AvgIpc) is 2.35. The van der Waals surface area contributed by atoms with Crippen LogP contribution in [0.2, 0.25) is 0 Å². The van der Waals surface area contributed by atoms with Crippen LogP contribution in [0.5, 0.6) is 0 Å². The van der Waals surface area contributed by atoms with Gasteiger partial charge in [-0.15, -0.1) is 6.42 Å². The van der Waals surface area contributed by atoms with E-state index in [4.69, 9.17) is 15.9 Å². The first-order valence-electron chi connectivity index (χ1n) is 7.06. The molecule has 0 aromatic heterocycles. The molecule has 1 N–H and O–H groups in total. The van der Waals surface area contributed by atoms with Crippen molar-refractivity contribution in [2.45, 2.75) is 58.0 Å². The fraction of sp³-hybridized carbons (Fsp3) is 0.867. The molecule has 19 heavy (non-hydrogen) atoms. The number of hydrogen-bond donors (Lipinski definition) is 1. The SMILES string of the molecule is C#C[C@](C)(CC)OC[C@H](O)CN1C[C@@H](C)O[C@H](C)C1. The maximum Gasteiger partial charge on any atom is 0.125 e. The lowest BCUT2D eigenvalue weighted by Gasteiger charge is -2.36. The smallest absolute Gasteiger partial charge is 0.125 e. The van der Waals surface area contributed by atoms with Crippen LogP contribution in [0.3, 0.4) is 0 Å². The monoisotopic (exact) mass is 269 g/mol. The number of rotatable bonds is 6. The third-order valence-corrected chi connectivity index (χ3v) is 3.54. The highest BCUT2D eigenvalue weighted by Crippen LogP contribution is 2.15. The number of aliphatic hydroxyl groups excluding tert-OH is 1. The summed E-state index contributed by atoms with van der Waals surface area (Å²) in [5.74, 6) is 2.63. The van der Waals surface area contributed by atoms with Crippen molar-refractivity contribution in [1.82, 2.24) is 4.90 Å². The zero-order chi connectivity index (χ0) is 14.5. The van der Waals surface area contributed by atoms with Gasteiger partial charge in [0.15, 0.2) is 0 Å². The molecule has 0 bridgehead atoms. The van der Waals surface area contributed by atoms with E-state index in [-0.39, 0.29) is 18.8 Å². The summed E-state index contributed by atoms with van der Waals surface area (Å²) in [6.45, 7) is 10.5. The van der Waals surface area contributed by atoms with Crippen LogP contribution in [0.25, 0.3) is 0 Å². The third kappa shape index (κ3) is 5.50. The van der Waals surface area contributed by atoms with E-state index in [1.807, 2.05) is 13.8 Å². The van der Waals surface area contributed by atoms with Crippen LogP contribution in [0.4, 0.5) is 0 Å². The van der Waals surface area contributed by atoms with Crippen LogP contribution in [-0.4, -0.2) is 60.2 Å². The Morgan fingerprint density at radius 1 is 1.47 bits per heavy atom. The summed E-state index contributed by atoms with van der Waals surface area (Å²) in [6, 6.07) is 0. The number of β-amino-alcohol motifs (C(OH)–C–C–N with tert-alkyl or cyclic N) is 1. The first-order valence-corrected chi connectivity index (χ1v) is 7.06. The second-order valence-electron chi connectivity index (χ2n) is 5.67. The van der Waals surface area contributed by atoms with E-state index in [1.165, 1.54) is 0 Å².